The van der Waals surface area contributed by atoms with E-state index in [0.29, 0.717) is 47.7 Å². The number of nitrogens with two attached hydrogens (primary N) is 1. The van der Waals surface area contributed by atoms with E-state index in [1.807, 2.05) is 78.9 Å². The Morgan fingerprint density at radius 1 is 0.931 bits per heavy atom. The average molecular weight is 795 g/mol. The van der Waals surface area contributed by atoms with Crippen LogP contribution < -0.4 is 25.9 Å². The molecule has 0 unspecified atom stereocenters. The zero-order valence-electron chi connectivity index (χ0n) is 33.4. The van der Waals surface area contributed by atoms with E-state index in [0.717, 1.165) is 27.6 Å². The summed E-state index contributed by atoms with van der Waals surface area (Å²) in [6, 6.07) is 37.9. The van der Waals surface area contributed by atoms with E-state index in [1.54, 1.807) is 41.2 Å². The Balaban J connectivity index is 1.22. The molecule has 0 saturated carbocycles. The molecule has 3 amide bonds. The highest BCUT2D eigenvalue weighted by atomic mass is 28.3. The van der Waals surface area contributed by atoms with Crippen molar-refractivity contribution in [1.29, 1.82) is 0 Å². The molecule has 4 N–H and O–H groups in total. The smallest absolute Gasteiger partial charge is 0.264 e. The number of amides is 3. The van der Waals surface area contributed by atoms with Crippen LogP contribution in [0.25, 0.3) is 0 Å². The van der Waals surface area contributed by atoms with Crippen LogP contribution in [0.2, 0.25) is 18.6 Å². The van der Waals surface area contributed by atoms with Crippen LogP contribution in [-0.2, 0) is 39.4 Å². The van der Waals surface area contributed by atoms with Crippen molar-refractivity contribution in [2.24, 2.45) is 5.92 Å². The predicted octanol–water partition coefficient (Wildman–Crippen LogP) is 6.63. The molecule has 3 aliphatic rings. The van der Waals surface area contributed by atoms with Gasteiger partial charge in [0.25, 0.3) is 11.8 Å². The molecular weight excluding hydrogens is 745 g/mol. The van der Waals surface area contributed by atoms with Gasteiger partial charge in [0.2, 0.25) is 5.91 Å². The van der Waals surface area contributed by atoms with Gasteiger partial charge in [-0.25, -0.2) is 0 Å². The first-order chi connectivity index (χ1) is 27.9. The number of nitrogens with zero attached hydrogens (tertiary/aromatic N) is 2. The van der Waals surface area contributed by atoms with Gasteiger partial charge in [0.05, 0.1) is 52.6 Å². The number of carbonyl (C=O) groups is 3. The number of aliphatic hydroxyl groups excluding tert-OH is 1. The number of rotatable bonds is 10. The van der Waals surface area contributed by atoms with Gasteiger partial charge >= 0.3 is 0 Å². The Hall–Kier alpha value is -5.75. The lowest BCUT2D eigenvalue weighted by Crippen LogP contribution is -2.52. The third-order valence-electron chi connectivity index (χ3n) is 12.7. The summed E-state index contributed by atoms with van der Waals surface area (Å²) >= 11 is 0. The first-order valence-corrected chi connectivity index (χ1v) is 23.0. The second-order valence-electron chi connectivity index (χ2n) is 16.4. The zero-order valence-corrected chi connectivity index (χ0v) is 34.4. The standard InChI is InChI=1S/C47H50N4O6Si/c1-30-44(58(3,4)39-21-19-38(56-2)20-22-39)42(26-43(53)50-28-34-13-9-8-12-33(34)24-37(50)29-52)57-47(30)40-25-36(49-45(54)32-14-16-35(48)17-15-32)18-23-41(40)51(46(47)55)27-31-10-6-5-7-11-31/h5-23,25,30,37,42,44,52H,24,26-29,48H2,1-4H3,(H,49,54)/t30-,37+,42+,44-,47+/m1/s1. The molecule has 10 nitrogen and oxygen atoms in total. The van der Waals surface area contributed by atoms with Crippen LogP contribution in [-0.4, -0.2) is 61.7 Å². The molecule has 1 fully saturated rings. The Bertz CT molecular complexity index is 2340. The maximum atomic E-state index is 15.4. The molecule has 0 aromatic heterocycles. The highest BCUT2D eigenvalue weighted by Crippen LogP contribution is 2.60. The SMILES string of the molecule is COc1ccc([Si](C)(C)[C@H]2[C@H](CC(=O)N3Cc4ccccc4C[C@H]3CO)O[C@@]3(C(=O)N(Cc4ccccc4)c4ccc(NC(=O)c5ccc(N)cc5)cc43)[C@@H]2C)cc1. The fourth-order valence-electron chi connectivity index (χ4n) is 9.68. The topological polar surface area (TPSA) is 134 Å². The van der Waals surface area contributed by atoms with Crippen LogP contribution in [0, 0.1) is 5.92 Å². The van der Waals surface area contributed by atoms with Gasteiger partial charge in [0, 0.05) is 35.0 Å². The van der Waals surface area contributed by atoms with E-state index in [9.17, 15) is 14.7 Å². The van der Waals surface area contributed by atoms with Crippen LogP contribution in [0.4, 0.5) is 17.1 Å². The number of hydrogen-bond donors (Lipinski definition) is 3. The van der Waals surface area contributed by atoms with Gasteiger partial charge in [-0.05, 0) is 83.2 Å². The van der Waals surface area contributed by atoms with E-state index in [-0.39, 0.29) is 48.3 Å². The molecule has 298 valence electrons. The van der Waals surface area contributed by atoms with Crippen molar-refractivity contribution in [2.75, 3.05) is 29.7 Å². The molecule has 0 aliphatic carbocycles. The fourth-order valence-corrected chi connectivity index (χ4v) is 13.7. The van der Waals surface area contributed by atoms with E-state index in [4.69, 9.17) is 15.2 Å². The van der Waals surface area contributed by atoms with Crippen molar-refractivity contribution in [2.45, 2.75) is 69.2 Å². The number of aliphatic hydroxyl groups is 1. The molecule has 1 spiro atoms. The van der Waals surface area contributed by atoms with Crippen molar-refractivity contribution in [3.63, 3.8) is 0 Å². The number of methoxy groups -OCH3 is 1. The number of nitrogens with one attached hydrogen (secondary N) is 1. The second kappa shape index (κ2) is 15.5. The van der Waals surface area contributed by atoms with E-state index in [1.165, 1.54) is 0 Å². The minimum atomic E-state index is -2.59. The number of benzene rings is 5. The second-order valence-corrected chi connectivity index (χ2v) is 21.1. The van der Waals surface area contributed by atoms with Crippen LogP contribution in [0.5, 0.6) is 5.75 Å². The lowest BCUT2D eigenvalue weighted by atomic mass is 9.82. The Morgan fingerprint density at radius 3 is 2.31 bits per heavy atom. The van der Waals surface area contributed by atoms with Crippen molar-refractivity contribution in [3.8, 4) is 5.75 Å². The van der Waals surface area contributed by atoms with Gasteiger partial charge in [-0.3, -0.25) is 14.4 Å². The minimum absolute atomic E-state index is 0.0386. The van der Waals surface area contributed by atoms with Gasteiger partial charge < -0.3 is 35.4 Å². The van der Waals surface area contributed by atoms with Gasteiger partial charge in [0.1, 0.15) is 5.75 Å². The van der Waals surface area contributed by atoms with Crippen LogP contribution in [0.15, 0.2) is 121 Å². The summed E-state index contributed by atoms with van der Waals surface area (Å²) in [5.41, 5.74) is 10.3. The number of nitrogen functional groups attached to an aromatic ring is 1. The number of ether oxygens (including phenoxy) is 2. The molecule has 1 saturated heterocycles. The first kappa shape index (κ1) is 39.1. The summed E-state index contributed by atoms with van der Waals surface area (Å²) < 4.78 is 12.8. The summed E-state index contributed by atoms with van der Waals surface area (Å²) in [6.45, 7) is 7.21. The molecule has 0 bridgehead atoms. The maximum Gasteiger partial charge on any atom is 0.264 e. The largest absolute Gasteiger partial charge is 0.497 e. The predicted molar refractivity (Wildman–Crippen MR) is 229 cm³/mol. The first-order valence-electron chi connectivity index (χ1n) is 19.9. The average Bonchev–Trinajstić information content (AvgIpc) is 3.66. The minimum Gasteiger partial charge on any atom is -0.497 e. The summed E-state index contributed by atoms with van der Waals surface area (Å²) in [6.07, 6.45) is -0.0359. The summed E-state index contributed by atoms with van der Waals surface area (Å²) in [7, 11) is -0.944. The van der Waals surface area contributed by atoms with Crippen molar-refractivity contribution in [1.82, 2.24) is 4.90 Å². The summed E-state index contributed by atoms with van der Waals surface area (Å²) in [5.74, 6) is -0.252. The van der Waals surface area contributed by atoms with Gasteiger partial charge in [0.15, 0.2) is 5.60 Å². The quantitative estimate of drug-likeness (QED) is 0.107. The van der Waals surface area contributed by atoms with Crippen LogP contribution in [0.3, 0.4) is 0 Å². The van der Waals surface area contributed by atoms with Crippen molar-refractivity contribution in [3.05, 3.63) is 149 Å². The molecule has 58 heavy (non-hydrogen) atoms. The van der Waals surface area contributed by atoms with Crippen molar-refractivity contribution >= 4 is 48.0 Å². The molecule has 8 rings (SSSR count). The van der Waals surface area contributed by atoms with Gasteiger partial charge in [-0.15, -0.1) is 0 Å². The molecule has 11 heteroatoms. The summed E-state index contributed by atoms with van der Waals surface area (Å²) in [4.78, 5) is 47.2. The van der Waals surface area contributed by atoms with Crippen LogP contribution in [0.1, 0.15) is 46.0 Å². The van der Waals surface area contributed by atoms with Crippen LogP contribution >= 0.6 is 0 Å². The molecule has 3 heterocycles. The molecule has 0 radical (unpaired) electrons. The third-order valence-corrected chi connectivity index (χ3v) is 17.1. The molecule has 5 aromatic rings. The van der Waals surface area contributed by atoms with Gasteiger partial charge in [-0.1, -0.05) is 91.9 Å². The Morgan fingerprint density at radius 2 is 1.62 bits per heavy atom. The van der Waals surface area contributed by atoms with E-state index >= 15 is 4.79 Å². The monoisotopic (exact) mass is 794 g/mol. The number of anilines is 3. The molecule has 3 aliphatic heterocycles. The highest BCUT2D eigenvalue weighted by Gasteiger charge is 2.66. The molecule has 5 aromatic carbocycles. The Kier molecular flexibility index (Phi) is 10.5. The fraction of sp³-hybridized carbons (Fsp3) is 0.298. The number of hydrogen-bond acceptors (Lipinski definition) is 7. The zero-order chi connectivity index (χ0) is 40.8. The highest BCUT2D eigenvalue weighted by molar-refractivity contribution is 6.91. The van der Waals surface area contributed by atoms with Crippen molar-refractivity contribution < 1.29 is 29.0 Å². The number of fused-ring (bicyclic) bond motifs is 3. The third kappa shape index (κ3) is 6.86. The summed E-state index contributed by atoms with van der Waals surface area (Å²) in [5, 5.41) is 14.7. The number of carbonyl (C=O) groups excluding carboxylic acids is 3. The van der Waals surface area contributed by atoms with Gasteiger partial charge in [-0.2, -0.15) is 0 Å². The molecular formula is C47H50N4O6Si. The Labute approximate surface area is 340 Å². The maximum absolute atomic E-state index is 15.4. The lowest BCUT2D eigenvalue weighted by molar-refractivity contribution is -0.151. The van der Waals surface area contributed by atoms with E-state index in [2.05, 4.69) is 43.5 Å². The van der Waals surface area contributed by atoms with E-state index < -0.39 is 19.8 Å². The normalized spacial score (nSPS) is 22.5. The molecule has 5 atom stereocenters. The lowest BCUT2D eigenvalue weighted by Gasteiger charge is -2.39.